The predicted molar refractivity (Wildman–Crippen MR) is 101 cm³/mol. The van der Waals surface area contributed by atoms with Crippen LogP contribution >= 0.6 is 0 Å². The molecule has 0 aliphatic heterocycles. The van der Waals surface area contributed by atoms with Crippen LogP contribution in [0.25, 0.3) is 11.0 Å². The van der Waals surface area contributed by atoms with Gasteiger partial charge < -0.3 is 18.6 Å². The largest absolute Gasteiger partial charge is 0.497 e. The van der Waals surface area contributed by atoms with Crippen LogP contribution in [0.15, 0.2) is 51.7 Å². The van der Waals surface area contributed by atoms with E-state index in [0.717, 1.165) is 0 Å². The number of fused-ring (bicyclic) bond motifs is 1. The van der Waals surface area contributed by atoms with E-state index in [0.29, 0.717) is 45.8 Å². The van der Waals surface area contributed by atoms with Gasteiger partial charge in [-0.25, -0.2) is 4.79 Å². The van der Waals surface area contributed by atoms with Crippen molar-refractivity contribution in [2.24, 2.45) is 0 Å². The zero-order chi connectivity index (χ0) is 19.4. The van der Waals surface area contributed by atoms with Crippen LogP contribution in [-0.2, 0) is 17.8 Å². The van der Waals surface area contributed by atoms with E-state index in [4.69, 9.17) is 18.6 Å². The van der Waals surface area contributed by atoms with Gasteiger partial charge in [0.2, 0.25) is 0 Å². The SMILES string of the molecule is CCc1cc(=O)c2ccc(OC)c(COC(=O)c3cccc(OC)c3)c2o1. The van der Waals surface area contributed by atoms with Gasteiger partial charge in [-0.2, -0.15) is 0 Å². The zero-order valence-corrected chi connectivity index (χ0v) is 15.4. The second-order valence-corrected chi connectivity index (χ2v) is 5.86. The Morgan fingerprint density at radius 1 is 1.07 bits per heavy atom. The number of hydrogen-bond acceptors (Lipinski definition) is 6. The molecule has 0 atom stereocenters. The van der Waals surface area contributed by atoms with Crippen LogP contribution in [0.1, 0.15) is 28.6 Å². The van der Waals surface area contributed by atoms with Crippen LogP contribution in [0.2, 0.25) is 0 Å². The second-order valence-electron chi connectivity index (χ2n) is 5.86. The number of carbonyl (C=O) groups is 1. The molecule has 0 fully saturated rings. The quantitative estimate of drug-likeness (QED) is 0.617. The molecule has 2 aromatic carbocycles. The number of carbonyl (C=O) groups excluding carboxylic acids is 1. The summed E-state index contributed by atoms with van der Waals surface area (Å²) in [5.74, 6) is 1.09. The third-order valence-electron chi connectivity index (χ3n) is 4.23. The van der Waals surface area contributed by atoms with Crippen LogP contribution in [0.5, 0.6) is 11.5 Å². The van der Waals surface area contributed by atoms with Crippen LogP contribution in [0.4, 0.5) is 0 Å². The van der Waals surface area contributed by atoms with Gasteiger partial charge in [-0.05, 0) is 30.3 Å². The van der Waals surface area contributed by atoms with Crippen molar-refractivity contribution in [2.45, 2.75) is 20.0 Å². The van der Waals surface area contributed by atoms with Gasteiger partial charge in [0.1, 0.15) is 29.4 Å². The Balaban J connectivity index is 1.96. The molecule has 0 bridgehead atoms. The number of esters is 1. The number of benzene rings is 2. The highest BCUT2D eigenvalue weighted by Gasteiger charge is 2.17. The van der Waals surface area contributed by atoms with Crippen molar-refractivity contribution in [3.63, 3.8) is 0 Å². The summed E-state index contributed by atoms with van der Waals surface area (Å²) < 4.78 is 21.8. The minimum absolute atomic E-state index is 0.0906. The molecule has 0 saturated carbocycles. The van der Waals surface area contributed by atoms with Gasteiger partial charge in [-0.1, -0.05) is 13.0 Å². The highest BCUT2D eigenvalue weighted by atomic mass is 16.5. The Morgan fingerprint density at radius 3 is 2.59 bits per heavy atom. The van der Waals surface area contributed by atoms with Crippen molar-refractivity contribution >= 4 is 16.9 Å². The third-order valence-corrected chi connectivity index (χ3v) is 4.23. The third kappa shape index (κ3) is 3.79. The van der Waals surface area contributed by atoms with Gasteiger partial charge in [0.05, 0.1) is 30.7 Å². The first-order valence-corrected chi connectivity index (χ1v) is 8.51. The van der Waals surface area contributed by atoms with E-state index in [1.54, 1.807) is 36.4 Å². The molecule has 0 N–H and O–H groups in total. The topological polar surface area (TPSA) is 75.0 Å². The average Bonchev–Trinajstić information content (AvgIpc) is 2.71. The first-order chi connectivity index (χ1) is 13.1. The fourth-order valence-electron chi connectivity index (χ4n) is 2.78. The highest BCUT2D eigenvalue weighted by Crippen LogP contribution is 2.28. The van der Waals surface area contributed by atoms with Crippen molar-refractivity contribution in [2.75, 3.05) is 14.2 Å². The molecule has 1 heterocycles. The van der Waals surface area contributed by atoms with E-state index in [-0.39, 0.29) is 12.0 Å². The van der Waals surface area contributed by atoms with E-state index in [1.807, 2.05) is 6.92 Å². The molecule has 0 spiro atoms. The molecule has 3 rings (SSSR count). The minimum Gasteiger partial charge on any atom is -0.497 e. The van der Waals surface area contributed by atoms with E-state index >= 15 is 0 Å². The van der Waals surface area contributed by atoms with Gasteiger partial charge in [0, 0.05) is 12.5 Å². The normalized spacial score (nSPS) is 10.6. The first-order valence-electron chi connectivity index (χ1n) is 8.51. The lowest BCUT2D eigenvalue weighted by Gasteiger charge is -2.12. The van der Waals surface area contributed by atoms with E-state index in [9.17, 15) is 9.59 Å². The summed E-state index contributed by atoms with van der Waals surface area (Å²) in [6, 6.07) is 11.5. The summed E-state index contributed by atoms with van der Waals surface area (Å²) in [4.78, 5) is 24.7. The maximum atomic E-state index is 12.4. The summed E-state index contributed by atoms with van der Waals surface area (Å²) in [5.41, 5.74) is 1.11. The molecule has 0 saturated heterocycles. The molecule has 1 aromatic heterocycles. The maximum Gasteiger partial charge on any atom is 0.338 e. The Kier molecular flexibility index (Phi) is 5.45. The van der Waals surface area contributed by atoms with Crippen molar-refractivity contribution in [1.82, 2.24) is 0 Å². The molecule has 0 aliphatic carbocycles. The molecule has 3 aromatic rings. The standard InChI is InChI=1S/C21H20O6/c1-4-14-11-18(22)16-8-9-19(25-3)17(20(16)27-14)12-26-21(23)13-6-5-7-15(10-13)24-2/h5-11H,4,12H2,1-3H3. The van der Waals surface area contributed by atoms with Gasteiger partial charge in [0.25, 0.3) is 0 Å². The number of rotatable bonds is 6. The smallest absolute Gasteiger partial charge is 0.338 e. The van der Waals surface area contributed by atoms with Crippen molar-refractivity contribution in [1.29, 1.82) is 0 Å². The Morgan fingerprint density at radius 2 is 1.89 bits per heavy atom. The monoisotopic (exact) mass is 368 g/mol. The number of ether oxygens (including phenoxy) is 3. The molecule has 27 heavy (non-hydrogen) atoms. The number of aryl methyl sites for hydroxylation is 1. The summed E-state index contributed by atoms with van der Waals surface area (Å²) >= 11 is 0. The zero-order valence-electron chi connectivity index (χ0n) is 15.4. The van der Waals surface area contributed by atoms with Gasteiger partial charge >= 0.3 is 5.97 Å². The van der Waals surface area contributed by atoms with Crippen molar-refractivity contribution < 1.29 is 23.4 Å². The molecular weight excluding hydrogens is 348 g/mol. The second kappa shape index (κ2) is 7.95. The van der Waals surface area contributed by atoms with Crippen molar-refractivity contribution in [3.8, 4) is 11.5 Å². The first kappa shape index (κ1) is 18.5. The molecule has 0 radical (unpaired) electrons. The summed E-state index contributed by atoms with van der Waals surface area (Å²) in [7, 11) is 3.04. The molecule has 6 nitrogen and oxygen atoms in total. The average molecular weight is 368 g/mol. The Bertz CT molecular complexity index is 1030. The lowest BCUT2D eigenvalue weighted by Crippen LogP contribution is -2.09. The Labute approximate surface area is 156 Å². The summed E-state index contributed by atoms with van der Waals surface area (Å²) in [6.45, 7) is 1.80. The molecular formula is C21H20O6. The van der Waals surface area contributed by atoms with E-state index in [1.165, 1.54) is 20.3 Å². The predicted octanol–water partition coefficient (Wildman–Crippen LogP) is 3.73. The molecule has 0 unspecified atom stereocenters. The summed E-state index contributed by atoms with van der Waals surface area (Å²) in [6.07, 6.45) is 0.575. The van der Waals surface area contributed by atoms with Crippen LogP contribution in [0.3, 0.4) is 0 Å². The van der Waals surface area contributed by atoms with Crippen molar-refractivity contribution in [3.05, 3.63) is 69.6 Å². The van der Waals surface area contributed by atoms with Crippen LogP contribution < -0.4 is 14.9 Å². The minimum atomic E-state index is -0.512. The Hall–Kier alpha value is -3.28. The molecule has 0 amide bonds. The lowest BCUT2D eigenvalue weighted by molar-refractivity contribution is 0.0470. The fourth-order valence-corrected chi connectivity index (χ4v) is 2.78. The van der Waals surface area contributed by atoms with Gasteiger partial charge in [0.15, 0.2) is 5.43 Å². The van der Waals surface area contributed by atoms with Crippen LogP contribution in [0, 0.1) is 0 Å². The maximum absolute atomic E-state index is 12.4. The lowest BCUT2D eigenvalue weighted by atomic mass is 10.1. The highest BCUT2D eigenvalue weighted by molar-refractivity contribution is 5.90. The molecule has 0 aliphatic rings. The van der Waals surface area contributed by atoms with Crippen LogP contribution in [-0.4, -0.2) is 20.2 Å². The van der Waals surface area contributed by atoms with Gasteiger partial charge in [-0.15, -0.1) is 0 Å². The van der Waals surface area contributed by atoms with E-state index in [2.05, 4.69) is 0 Å². The molecule has 6 heteroatoms. The summed E-state index contributed by atoms with van der Waals surface area (Å²) in [5, 5.41) is 0.417. The van der Waals surface area contributed by atoms with Gasteiger partial charge in [-0.3, -0.25) is 4.79 Å². The number of methoxy groups -OCH3 is 2. The molecule has 140 valence electrons. The number of hydrogen-bond donors (Lipinski definition) is 0. The fraction of sp³-hybridized carbons (Fsp3) is 0.238. The van der Waals surface area contributed by atoms with E-state index < -0.39 is 5.97 Å².